The summed E-state index contributed by atoms with van der Waals surface area (Å²) >= 11 is 0. The lowest BCUT2D eigenvalue weighted by Gasteiger charge is -2.07. The topological polar surface area (TPSA) is 57.4 Å². The third kappa shape index (κ3) is 2.20. The minimum atomic E-state index is 0.788. The Bertz CT molecular complexity index is 876. The van der Waals surface area contributed by atoms with Crippen LogP contribution in [-0.2, 0) is 0 Å². The Hall–Kier alpha value is -3.14. The van der Waals surface area contributed by atoms with Gasteiger partial charge in [0.05, 0.1) is 6.20 Å². The van der Waals surface area contributed by atoms with E-state index in [1.807, 2.05) is 30.3 Å². The van der Waals surface area contributed by atoms with E-state index >= 15 is 0 Å². The molecule has 0 radical (unpaired) electrons. The molecule has 4 rings (SSSR count). The number of hydrogen-bond acceptors (Lipinski definition) is 2. The Morgan fingerprint density at radius 2 is 1.50 bits per heavy atom. The molecule has 0 fully saturated rings. The summed E-state index contributed by atoms with van der Waals surface area (Å²) in [6.45, 7) is 0. The van der Waals surface area contributed by atoms with Crippen molar-refractivity contribution in [2.45, 2.75) is 0 Å². The smallest absolute Gasteiger partial charge is 0.155 e. The molecule has 0 unspecified atom stereocenters. The van der Waals surface area contributed by atoms with Gasteiger partial charge in [0.1, 0.15) is 11.5 Å². The molecule has 0 spiro atoms. The van der Waals surface area contributed by atoms with Crippen molar-refractivity contribution >= 4 is 0 Å². The van der Waals surface area contributed by atoms with Gasteiger partial charge in [0.25, 0.3) is 0 Å². The molecule has 106 valence electrons. The first-order valence-electron chi connectivity index (χ1n) is 7.11. The van der Waals surface area contributed by atoms with Crippen LogP contribution in [0.15, 0.2) is 73.2 Å². The lowest BCUT2D eigenvalue weighted by atomic mass is 9.99. The first-order valence-corrected chi connectivity index (χ1v) is 7.11. The van der Waals surface area contributed by atoms with Crippen LogP contribution in [0.25, 0.3) is 34.0 Å². The van der Waals surface area contributed by atoms with Gasteiger partial charge in [0.2, 0.25) is 0 Å². The third-order valence-electron chi connectivity index (χ3n) is 3.60. The minimum absolute atomic E-state index is 0.788. The Morgan fingerprint density at radius 1 is 0.727 bits per heavy atom. The van der Waals surface area contributed by atoms with E-state index in [1.165, 1.54) is 5.56 Å². The number of nitrogens with zero attached hydrogens (tertiary/aromatic N) is 2. The Balaban J connectivity index is 1.81. The lowest BCUT2D eigenvalue weighted by Crippen LogP contribution is -1.87. The molecule has 0 bridgehead atoms. The van der Waals surface area contributed by atoms with Crippen LogP contribution in [0.2, 0.25) is 0 Å². The lowest BCUT2D eigenvalue weighted by molar-refractivity contribution is 1.25. The van der Waals surface area contributed by atoms with E-state index in [4.69, 9.17) is 0 Å². The van der Waals surface area contributed by atoms with Crippen LogP contribution in [0.5, 0.6) is 0 Å². The van der Waals surface area contributed by atoms with Crippen molar-refractivity contribution in [1.29, 1.82) is 0 Å². The van der Waals surface area contributed by atoms with E-state index in [0.29, 0.717) is 0 Å². The zero-order valence-corrected chi connectivity index (χ0v) is 11.8. The number of aromatic amines is 2. The van der Waals surface area contributed by atoms with Crippen LogP contribution in [0.3, 0.4) is 0 Å². The molecule has 0 aliphatic carbocycles. The van der Waals surface area contributed by atoms with E-state index in [9.17, 15) is 0 Å². The van der Waals surface area contributed by atoms with Crippen LogP contribution >= 0.6 is 0 Å². The molecule has 2 aromatic carbocycles. The fraction of sp³-hybridized carbons (Fsp3) is 0. The van der Waals surface area contributed by atoms with Gasteiger partial charge in [-0.15, -0.1) is 0 Å². The maximum Gasteiger partial charge on any atom is 0.155 e. The van der Waals surface area contributed by atoms with E-state index in [1.54, 1.807) is 18.6 Å². The van der Waals surface area contributed by atoms with Crippen molar-refractivity contribution in [3.8, 4) is 34.0 Å². The first kappa shape index (κ1) is 12.6. The summed E-state index contributed by atoms with van der Waals surface area (Å²) in [4.78, 5) is 15.2. The molecule has 4 heteroatoms. The Labute approximate surface area is 127 Å². The maximum atomic E-state index is 4.51. The molecule has 0 saturated carbocycles. The molecule has 2 heterocycles. The SMILES string of the molecule is c1ccc(-c2ccccc2-c2ncc(-c3ncc[nH]3)[nH]2)cc1. The van der Waals surface area contributed by atoms with Gasteiger partial charge < -0.3 is 9.97 Å². The number of aromatic nitrogens is 4. The van der Waals surface area contributed by atoms with Gasteiger partial charge in [-0.2, -0.15) is 0 Å². The fourth-order valence-corrected chi connectivity index (χ4v) is 2.55. The highest BCUT2D eigenvalue weighted by atomic mass is 15.0. The number of nitrogens with one attached hydrogen (secondary N) is 2. The van der Waals surface area contributed by atoms with Crippen LogP contribution in [0, 0.1) is 0 Å². The number of benzene rings is 2. The summed E-state index contributed by atoms with van der Waals surface area (Å²) in [5.41, 5.74) is 4.28. The van der Waals surface area contributed by atoms with E-state index in [2.05, 4.69) is 44.2 Å². The fourth-order valence-electron chi connectivity index (χ4n) is 2.55. The van der Waals surface area contributed by atoms with Crippen LogP contribution in [0.4, 0.5) is 0 Å². The summed E-state index contributed by atoms with van der Waals surface area (Å²) in [6, 6.07) is 18.6. The standard InChI is InChI=1S/C18H14N4/c1-2-6-13(7-3-1)14-8-4-5-9-15(14)17-21-12-16(22-17)18-19-10-11-20-18/h1-12H,(H,19,20)(H,21,22). The minimum Gasteiger partial charge on any atom is -0.343 e. The van der Waals surface area contributed by atoms with E-state index in [-0.39, 0.29) is 0 Å². The Morgan fingerprint density at radius 3 is 2.27 bits per heavy atom. The van der Waals surface area contributed by atoms with E-state index < -0.39 is 0 Å². The average molecular weight is 286 g/mol. The Kier molecular flexibility index (Phi) is 3.05. The van der Waals surface area contributed by atoms with Crippen molar-refractivity contribution < 1.29 is 0 Å². The van der Waals surface area contributed by atoms with Gasteiger partial charge in [0, 0.05) is 18.0 Å². The molecule has 0 atom stereocenters. The molecule has 4 aromatic rings. The molecule has 2 aromatic heterocycles. The highest BCUT2D eigenvalue weighted by Gasteiger charge is 2.11. The van der Waals surface area contributed by atoms with E-state index in [0.717, 1.165) is 28.5 Å². The number of hydrogen-bond donors (Lipinski definition) is 2. The molecule has 0 amide bonds. The van der Waals surface area contributed by atoms with Gasteiger partial charge in [-0.25, -0.2) is 9.97 Å². The summed E-state index contributed by atoms with van der Waals surface area (Å²) in [6.07, 6.45) is 5.33. The maximum absolute atomic E-state index is 4.51. The molecule has 22 heavy (non-hydrogen) atoms. The molecule has 0 aliphatic rings. The second-order valence-electron chi connectivity index (χ2n) is 4.99. The summed E-state index contributed by atoms with van der Waals surface area (Å²) in [5.74, 6) is 1.63. The second kappa shape index (κ2) is 5.33. The van der Waals surface area contributed by atoms with Crippen molar-refractivity contribution in [2.24, 2.45) is 0 Å². The van der Waals surface area contributed by atoms with Crippen molar-refractivity contribution in [3.05, 3.63) is 73.2 Å². The zero-order valence-electron chi connectivity index (χ0n) is 11.8. The summed E-state index contributed by atoms with van der Waals surface area (Å²) in [7, 11) is 0. The van der Waals surface area contributed by atoms with Gasteiger partial charge in [-0.1, -0.05) is 54.6 Å². The van der Waals surface area contributed by atoms with Crippen molar-refractivity contribution in [1.82, 2.24) is 19.9 Å². The predicted octanol–water partition coefficient (Wildman–Crippen LogP) is 4.13. The third-order valence-corrected chi connectivity index (χ3v) is 3.60. The highest BCUT2D eigenvalue weighted by Crippen LogP contribution is 2.30. The molecular weight excluding hydrogens is 272 g/mol. The number of H-pyrrole nitrogens is 2. The molecular formula is C18H14N4. The van der Waals surface area contributed by atoms with Crippen molar-refractivity contribution in [2.75, 3.05) is 0 Å². The monoisotopic (exact) mass is 286 g/mol. The summed E-state index contributed by atoms with van der Waals surface area (Å²) in [5, 5.41) is 0. The molecule has 2 N–H and O–H groups in total. The normalized spacial score (nSPS) is 10.7. The van der Waals surface area contributed by atoms with Crippen molar-refractivity contribution in [3.63, 3.8) is 0 Å². The van der Waals surface area contributed by atoms with Crippen LogP contribution in [-0.4, -0.2) is 19.9 Å². The van der Waals surface area contributed by atoms with Crippen LogP contribution in [0.1, 0.15) is 0 Å². The average Bonchev–Trinajstić information content (AvgIpc) is 3.27. The molecule has 4 nitrogen and oxygen atoms in total. The summed E-state index contributed by atoms with van der Waals surface area (Å²) < 4.78 is 0. The number of rotatable bonds is 3. The zero-order chi connectivity index (χ0) is 14.8. The molecule has 0 aliphatic heterocycles. The van der Waals surface area contributed by atoms with Crippen LogP contribution < -0.4 is 0 Å². The first-order chi connectivity index (χ1) is 10.9. The quantitative estimate of drug-likeness (QED) is 0.595. The number of imidazole rings is 2. The highest BCUT2D eigenvalue weighted by molar-refractivity contribution is 5.81. The second-order valence-corrected chi connectivity index (χ2v) is 4.99. The largest absolute Gasteiger partial charge is 0.343 e. The predicted molar refractivity (Wildman–Crippen MR) is 87.0 cm³/mol. The van der Waals surface area contributed by atoms with Gasteiger partial charge in [0.15, 0.2) is 5.82 Å². The van der Waals surface area contributed by atoms with Gasteiger partial charge >= 0.3 is 0 Å². The van der Waals surface area contributed by atoms with Gasteiger partial charge in [-0.05, 0) is 11.1 Å². The molecule has 0 saturated heterocycles. The van der Waals surface area contributed by atoms with Gasteiger partial charge in [-0.3, -0.25) is 0 Å².